The van der Waals surface area contributed by atoms with E-state index >= 15 is 0 Å². The Bertz CT molecular complexity index is 1420. The molecule has 1 amide bonds. The number of benzene rings is 3. The Hall–Kier alpha value is -3.08. The van der Waals surface area contributed by atoms with Crippen molar-refractivity contribution in [1.82, 2.24) is 0 Å². The van der Waals surface area contributed by atoms with E-state index < -0.39 is 26.0 Å². The fourth-order valence-electron chi connectivity index (χ4n) is 2.88. The second kappa shape index (κ2) is 9.42. The lowest BCUT2D eigenvalue weighted by atomic mass is 10.1. The Kier molecular flexibility index (Phi) is 7.01. The zero-order chi connectivity index (χ0) is 24.4. The van der Waals surface area contributed by atoms with Crippen LogP contribution < -0.4 is 14.8 Å². The second-order valence-electron chi connectivity index (χ2n) is 7.45. The summed E-state index contributed by atoms with van der Waals surface area (Å²) in [5, 5.41) is 2.71. The van der Waals surface area contributed by atoms with Gasteiger partial charge in [-0.25, -0.2) is 16.8 Å². The summed E-state index contributed by atoms with van der Waals surface area (Å²) in [6.07, 6.45) is 0.991. The molecule has 0 atom stereocenters. The van der Waals surface area contributed by atoms with E-state index in [1.165, 1.54) is 42.5 Å². The van der Waals surface area contributed by atoms with Gasteiger partial charge in [0.2, 0.25) is 10.0 Å². The molecule has 3 rings (SSSR count). The van der Waals surface area contributed by atoms with Crippen LogP contribution in [0.1, 0.15) is 21.5 Å². The number of halogens is 1. The van der Waals surface area contributed by atoms with Gasteiger partial charge in [-0.05, 0) is 79.6 Å². The van der Waals surface area contributed by atoms with E-state index in [1.807, 2.05) is 19.9 Å². The molecule has 0 bridgehead atoms. The van der Waals surface area contributed by atoms with Gasteiger partial charge in [0.25, 0.3) is 15.9 Å². The Morgan fingerprint density at radius 3 is 2.00 bits per heavy atom. The van der Waals surface area contributed by atoms with Crippen LogP contribution in [0.4, 0.5) is 17.1 Å². The monoisotopic (exact) mass is 507 g/mol. The average Bonchev–Trinajstić information content (AvgIpc) is 2.71. The normalized spacial score (nSPS) is 11.6. The highest BCUT2D eigenvalue weighted by molar-refractivity contribution is 7.92. The maximum absolute atomic E-state index is 12.7. The Morgan fingerprint density at radius 2 is 1.42 bits per heavy atom. The van der Waals surface area contributed by atoms with Crippen molar-refractivity contribution in [3.63, 3.8) is 0 Å². The van der Waals surface area contributed by atoms with Crippen LogP contribution in [-0.2, 0) is 20.0 Å². The smallest absolute Gasteiger partial charge is 0.261 e. The summed E-state index contributed by atoms with van der Waals surface area (Å²) in [6, 6.07) is 15.1. The number of rotatable bonds is 7. The SMILES string of the molecule is Cc1ccc(NS(=O)(=O)c2ccc(NC(=O)c3ccc(NS(C)(=O)=O)c(Cl)c3)cc2)cc1C. The maximum Gasteiger partial charge on any atom is 0.261 e. The molecule has 33 heavy (non-hydrogen) atoms. The van der Waals surface area contributed by atoms with Gasteiger partial charge in [0.1, 0.15) is 0 Å². The first kappa shape index (κ1) is 24.6. The number of aryl methyl sites for hydroxylation is 2. The topological polar surface area (TPSA) is 121 Å². The van der Waals surface area contributed by atoms with Crippen LogP contribution in [0.25, 0.3) is 0 Å². The predicted molar refractivity (Wildman–Crippen MR) is 131 cm³/mol. The molecule has 0 spiro atoms. The first-order chi connectivity index (χ1) is 15.3. The van der Waals surface area contributed by atoms with E-state index in [0.717, 1.165) is 17.4 Å². The molecule has 3 aromatic carbocycles. The molecule has 0 unspecified atom stereocenters. The summed E-state index contributed by atoms with van der Waals surface area (Å²) in [6.45, 7) is 3.84. The Labute approximate surface area is 198 Å². The fourth-order valence-corrected chi connectivity index (χ4v) is 4.79. The van der Waals surface area contributed by atoms with Crippen LogP contribution in [0.3, 0.4) is 0 Å². The number of sulfonamides is 2. The summed E-state index contributed by atoms with van der Waals surface area (Å²) < 4.78 is 52.8. The molecule has 0 saturated heterocycles. The molecule has 3 aromatic rings. The lowest BCUT2D eigenvalue weighted by Crippen LogP contribution is -2.15. The zero-order valence-electron chi connectivity index (χ0n) is 18.0. The number of carbonyl (C=O) groups excluding carboxylic acids is 1. The van der Waals surface area contributed by atoms with E-state index in [4.69, 9.17) is 11.6 Å². The van der Waals surface area contributed by atoms with E-state index in [0.29, 0.717) is 11.4 Å². The highest BCUT2D eigenvalue weighted by Gasteiger charge is 2.16. The molecular weight excluding hydrogens is 486 g/mol. The Balaban J connectivity index is 1.71. The van der Waals surface area contributed by atoms with Gasteiger partial charge in [0.05, 0.1) is 21.9 Å². The molecule has 8 nitrogen and oxygen atoms in total. The third kappa shape index (κ3) is 6.47. The number of anilines is 3. The first-order valence-corrected chi connectivity index (χ1v) is 13.4. The van der Waals surface area contributed by atoms with Crippen molar-refractivity contribution in [2.75, 3.05) is 21.0 Å². The quantitative estimate of drug-likeness (QED) is 0.438. The van der Waals surface area contributed by atoms with Gasteiger partial charge in [-0.3, -0.25) is 14.2 Å². The molecule has 0 heterocycles. The minimum Gasteiger partial charge on any atom is -0.322 e. The van der Waals surface area contributed by atoms with E-state index in [1.54, 1.807) is 12.1 Å². The van der Waals surface area contributed by atoms with Gasteiger partial charge < -0.3 is 5.32 Å². The largest absolute Gasteiger partial charge is 0.322 e. The molecule has 0 aliphatic heterocycles. The zero-order valence-corrected chi connectivity index (χ0v) is 20.4. The molecule has 11 heteroatoms. The van der Waals surface area contributed by atoms with Crippen molar-refractivity contribution in [3.05, 3.63) is 82.4 Å². The van der Waals surface area contributed by atoms with Crippen molar-refractivity contribution in [3.8, 4) is 0 Å². The number of hydrogen-bond acceptors (Lipinski definition) is 5. The van der Waals surface area contributed by atoms with Crippen LogP contribution in [0, 0.1) is 13.8 Å². The van der Waals surface area contributed by atoms with Crippen LogP contribution in [0.15, 0.2) is 65.6 Å². The molecule has 0 aliphatic rings. The number of nitrogens with one attached hydrogen (secondary N) is 3. The van der Waals surface area contributed by atoms with Crippen LogP contribution in [0.2, 0.25) is 5.02 Å². The first-order valence-electron chi connectivity index (χ1n) is 9.63. The van der Waals surface area contributed by atoms with Gasteiger partial charge in [-0.15, -0.1) is 0 Å². The van der Waals surface area contributed by atoms with Crippen molar-refractivity contribution >= 4 is 54.6 Å². The van der Waals surface area contributed by atoms with Crippen molar-refractivity contribution < 1.29 is 21.6 Å². The molecular formula is C22H22ClN3O5S2. The van der Waals surface area contributed by atoms with Gasteiger partial charge in [-0.1, -0.05) is 17.7 Å². The minimum absolute atomic E-state index is 0.0398. The number of carbonyl (C=O) groups is 1. The summed E-state index contributed by atoms with van der Waals surface area (Å²) in [5.41, 5.74) is 3.21. The van der Waals surface area contributed by atoms with E-state index in [2.05, 4.69) is 14.8 Å². The predicted octanol–water partition coefficient (Wildman–Crippen LogP) is 4.38. The lowest BCUT2D eigenvalue weighted by molar-refractivity contribution is 0.102. The average molecular weight is 508 g/mol. The van der Waals surface area contributed by atoms with Gasteiger partial charge >= 0.3 is 0 Å². The minimum atomic E-state index is -3.80. The van der Waals surface area contributed by atoms with E-state index in [-0.39, 0.29) is 21.2 Å². The van der Waals surface area contributed by atoms with Gasteiger partial charge in [0, 0.05) is 16.9 Å². The molecule has 0 aliphatic carbocycles. The molecule has 174 valence electrons. The number of amides is 1. The molecule has 3 N–H and O–H groups in total. The van der Waals surface area contributed by atoms with Gasteiger partial charge in [-0.2, -0.15) is 0 Å². The van der Waals surface area contributed by atoms with E-state index in [9.17, 15) is 21.6 Å². The summed E-state index contributed by atoms with van der Waals surface area (Å²) in [4.78, 5) is 12.5. The van der Waals surface area contributed by atoms with Crippen LogP contribution in [-0.4, -0.2) is 29.0 Å². The number of hydrogen-bond donors (Lipinski definition) is 3. The summed E-state index contributed by atoms with van der Waals surface area (Å²) in [5.74, 6) is -0.494. The molecule has 0 aromatic heterocycles. The second-order valence-corrected chi connectivity index (χ2v) is 11.3. The third-order valence-electron chi connectivity index (χ3n) is 4.71. The standard InChI is InChI=1S/C22H22ClN3O5S2/c1-14-4-6-18(12-15(14)2)25-33(30,31)19-9-7-17(8-10-19)24-22(27)16-5-11-21(20(23)13-16)26-32(3,28)29/h4-13,25-26H,1-3H3,(H,24,27). The fraction of sp³-hybridized carbons (Fsp3) is 0.136. The van der Waals surface area contributed by atoms with Crippen molar-refractivity contribution in [1.29, 1.82) is 0 Å². The van der Waals surface area contributed by atoms with Crippen LogP contribution in [0.5, 0.6) is 0 Å². The third-order valence-corrected chi connectivity index (χ3v) is 7.01. The van der Waals surface area contributed by atoms with Crippen LogP contribution >= 0.6 is 11.6 Å². The van der Waals surface area contributed by atoms with Crippen molar-refractivity contribution in [2.45, 2.75) is 18.7 Å². The molecule has 0 radical (unpaired) electrons. The Morgan fingerprint density at radius 1 is 0.788 bits per heavy atom. The van der Waals surface area contributed by atoms with Gasteiger partial charge in [0.15, 0.2) is 0 Å². The molecule has 0 fully saturated rings. The maximum atomic E-state index is 12.7. The highest BCUT2D eigenvalue weighted by Crippen LogP contribution is 2.25. The molecule has 0 saturated carbocycles. The highest BCUT2D eigenvalue weighted by atomic mass is 35.5. The summed E-state index contributed by atoms with van der Waals surface area (Å²) in [7, 11) is -7.31. The summed E-state index contributed by atoms with van der Waals surface area (Å²) >= 11 is 6.06. The van der Waals surface area contributed by atoms with Crippen molar-refractivity contribution in [2.24, 2.45) is 0 Å². The lowest BCUT2D eigenvalue weighted by Gasteiger charge is -2.11.